The van der Waals surface area contributed by atoms with Gasteiger partial charge in [-0.25, -0.2) is 13.2 Å². The summed E-state index contributed by atoms with van der Waals surface area (Å²) < 4.78 is 46.1. The molecule has 2 aromatic carbocycles. The first-order chi connectivity index (χ1) is 15.3. The van der Waals surface area contributed by atoms with Gasteiger partial charge in [0.2, 0.25) is 0 Å². The summed E-state index contributed by atoms with van der Waals surface area (Å²) >= 11 is 0. The minimum absolute atomic E-state index is 0.153. The lowest BCUT2D eigenvalue weighted by atomic mass is 9.95. The van der Waals surface area contributed by atoms with Gasteiger partial charge in [0, 0.05) is 34.8 Å². The number of carbonyl (C=O) groups is 1. The number of pyridine rings is 1. The molecular weight excluding hydrogens is 423 g/mol. The third-order valence-electron chi connectivity index (χ3n) is 5.91. The summed E-state index contributed by atoms with van der Waals surface area (Å²) in [4.78, 5) is 32.8. The highest BCUT2D eigenvalue weighted by Crippen LogP contribution is 2.34. The minimum atomic E-state index is -2.67. The van der Waals surface area contributed by atoms with Crippen LogP contribution in [0.2, 0.25) is 0 Å². The molecular formula is C23H18F3N3O3. The van der Waals surface area contributed by atoms with Crippen molar-refractivity contribution in [2.24, 2.45) is 0 Å². The lowest BCUT2D eigenvalue weighted by Gasteiger charge is -2.33. The summed E-state index contributed by atoms with van der Waals surface area (Å²) in [7, 11) is 1.57. The maximum absolute atomic E-state index is 13.7. The standard InChI is InChI=1S/C23H18F3N3O3/c1-29(23(31)17-8-14-13(21(25)26)3-2-4-16(14)27-17)19-10-32-9-18-20(19)12-6-5-11(24)7-15(12)22(30)28-18/h2-8,19,21,27H,9-10H2,1H3,(H,28,30). The summed E-state index contributed by atoms with van der Waals surface area (Å²) in [6, 6.07) is 9.25. The molecule has 0 saturated heterocycles. The third kappa shape index (κ3) is 3.16. The van der Waals surface area contributed by atoms with Crippen molar-refractivity contribution in [1.29, 1.82) is 0 Å². The largest absolute Gasteiger partial charge is 0.373 e. The normalized spacial score (nSPS) is 16.0. The van der Waals surface area contributed by atoms with Crippen molar-refractivity contribution < 1.29 is 22.7 Å². The molecule has 0 saturated carbocycles. The van der Waals surface area contributed by atoms with Crippen molar-refractivity contribution in [3.63, 3.8) is 0 Å². The van der Waals surface area contributed by atoms with Crippen LogP contribution in [0.3, 0.4) is 0 Å². The average molecular weight is 441 g/mol. The van der Waals surface area contributed by atoms with Gasteiger partial charge in [0.05, 0.1) is 24.6 Å². The quantitative estimate of drug-likeness (QED) is 0.494. The van der Waals surface area contributed by atoms with Gasteiger partial charge in [-0.15, -0.1) is 0 Å². The van der Waals surface area contributed by atoms with Gasteiger partial charge in [-0.1, -0.05) is 18.2 Å². The lowest BCUT2D eigenvalue weighted by molar-refractivity contribution is 0.0333. The Morgan fingerprint density at radius 3 is 2.72 bits per heavy atom. The Hall–Kier alpha value is -3.59. The zero-order valence-electron chi connectivity index (χ0n) is 16.9. The second-order valence-electron chi connectivity index (χ2n) is 7.78. The van der Waals surface area contributed by atoms with Crippen LogP contribution in [0.4, 0.5) is 13.2 Å². The van der Waals surface area contributed by atoms with E-state index in [1.807, 2.05) is 0 Å². The Morgan fingerprint density at radius 1 is 1.12 bits per heavy atom. The van der Waals surface area contributed by atoms with Crippen molar-refractivity contribution in [1.82, 2.24) is 14.9 Å². The van der Waals surface area contributed by atoms with Gasteiger partial charge < -0.3 is 19.6 Å². The van der Waals surface area contributed by atoms with E-state index in [1.54, 1.807) is 13.1 Å². The Labute approximate surface area is 179 Å². The second kappa shape index (κ2) is 7.52. The molecule has 0 spiro atoms. The zero-order valence-corrected chi connectivity index (χ0v) is 16.9. The van der Waals surface area contributed by atoms with E-state index in [-0.39, 0.29) is 35.2 Å². The molecule has 2 N–H and O–H groups in total. The first kappa shape index (κ1) is 20.3. The predicted octanol–water partition coefficient (Wildman–Crippen LogP) is 4.43. The number of ether oxygens (including phenoxy) is 1. The molecule has 1 atom stereocenters. The first-order valence-corrected chi connectivity index (χ1v) is 9.94. The number of amides is 1. The van der Waals surface area contributed by atoms with Crippen LogP contribution in [0.15, 0.2) is 47.3 Å². The van der Waals surface area contributed by atoms with Crippen LogP contribution < -0.4 is 5.56 Å². The number of hydrogen-bond donors (Lipinski definition) is 2. The Kier molecular flexibility index (Phi) is 4.78. The van der Waals surface area contributed by atoms with Crippen LogP contribution in [-0.4, -0.2) is 34.4 Å². The molecule has 2 aromatic heterocycles. The number of likely N-dealkylation sites (N-methyl/N-ethyl adjacent to an activating group) is 1. The highest BCUT2D eigenvalue weighted by molar-refractivity contribution is 5.99. The Balaban J connectivity index is 1.59. The zero-order chi connectivity index (χ0) is 22.6. The van der Waals surface area contributed by atoms with Gasteiger partial charge in [-0.05, 0) is 29.7 Å². The number of fused-ring (bicyclic) bond motifs is 4. The van der Waals surface area contributed by atoms with Gasteiger partial charge in [0.25, 0.3) is 17.9 Å². The number of halogens is 3. The molecule has 5 rings (SSSR count). The molecule has 1 unspecified atom stereocenters. The van der Waals surface area contributed by atoms with Crippen molar-refractivity contribution in [3.8, 4) is 0 Å². The minimum Gasteiger partial charge on any atom is -0.373 e. The maximum atomic E-state index is 13.7. The molecule has 0 bridgehead atoms. The number of alkyl halides is 2. The predicted molar refractivity (Wildman–Crippen MR) is 112 cm³/mol. The molecule has 164 valence electrons. The molecule has 0 aliphatic carbocycles. The van der Waals surface area contributed by atoms with Crippen LogP contribution in [0.1, 0.15) is 39.8 Å². The number of rotatable bonds is 3. The van der Waals surface area contributed by atoms with Crippen molar-refractivity contribution in [2.45, 2.75) is 19.1 Å². The number of carbonyl (C=O) groups excluding carboxylic acids is 1. The van der Waals surface area contributed by atoms with Gasteiger partial charge in [-0.2, -0.15) is 0 Å². The summed E-state index contributed by atoms with van der Waals surface area (Å²) in [5.41, 5.74) is 1.18. The van der Waals surface area contributed by atoms with Crippen LogP contribution in [0, 0.1) is 5.82 Å². The van der Waals surface area contributed by atoms with E-state index in [9.17, 15) is 22.8 Å². The average Bonchev–Trinajstić information content (AvgIpc) is 3.22. The van der Waals surface area contributed by atoms with Crippen LogP contribution in [-0.2, 0) is 11.3 Å². The third-order valence-corrected chi connectivity index (χ3v) is 5.91. The maximum Gasteiger partial charge on any atom is 0.270 e. The molecule has 9 heteroatoms. The van der Waals surface area contributed by atoms with E-state index in [0.29, 0.717) is 22.2 Å². The highest BCUT2D eigenvalue weighted by Gasteiger charge is 2.31. The number of aromatic nitrogens is 2. The molecule has 1 aliphatic heterocycles. The van der Waals surface area contributed by atoms with E-state index < -0.39 is 29.8 Å². The summed E-state index contributed by atoms with van der Waals surface area (Å²) in [6.07, 6.45) is -2.67. The van der Waals surface area contributed by atoms with Gasteiger partial charge >= 0.3 is 0 Å². The topological polar surface area (TPSA) is 78.2 Å². The first-order valence-electron chi connectivity index (χ1n) is 9.94. The van der Waals surface area contributed by atoms with E-state index in [1.165, 1.54) is 35.2 Å². The number of nitrogens with one attached hydrogen (secondary N) is 2. The lowest BCUT2D eigenvalue weighted by Crippen LogP contribution is -2.37. The van der Waals surface area contributed by atoms with Crippen molar-refractivity contribution in [2.75, 3.05) is 13.7 Å². The molecule has 0 fully saturated rings. The molecule has 3 heterocycles. The van der Waals surface area contributed by atoms with E-state index >= 15 is 0 Å². The van der Waals surface area contributed by atoms with Crippen LogP contribution in [0.25, 0.3) is 21.7 Å². The summed E-state index contributed by atoms with van der Waals surface area (Å²) in [5.74, 6) is -0.965. The number of aromatic amines is 2. The van der Waals surface area contributed by atoms with Crippen molar-refractivity contribution >= 4 is 27.6 Å². The highest BCUT2D eigenvalue weighted by atomic mass is 19.3. The van der Waals surface area contributed by atoms with Gasteiger partial charge in [0.1, 0.15) is 11.5 Å². The summed E-state index contributed by atoms with van der Waals surface area (Å²) in [5, 5.41) is 1.00. The number of benzene rings is 2. The molecule has 32 heavy (non-hydrogen) atoms. The molecule has 6 nitrogen and oxygen atoms in total. The van der Waals surface area contributed by atoms with E-state index in [2.05, 4.69) is 9.97 Å². The monoisotopic (exact) mass is 441 g/mol. The van der Waals surface area contributed by atoms with E-state index in [0.717, 1.165) is 6.07 Å². The fraction of sp³-hybridized carbons (Fsp3) is 0.217. The second-order valence-corrected chi connectivity index (χ2v) is 7.78. The van der Waals surface area contributed by atoms with Gasteiger partial charge in [0.15, 0.2) is 0 Å². The summed E-state index contributed by atoms with van der Waals surface area (Å²) in [6.45, 7) is 0.316. The Bertz CT molecular complexity index is 1430. The smallest absolute Gasteiger partial charge is 0.270 e. The number of hydrogen-bond acceptors (Lipinski definition) is 3. The number of H-pyrrole nitrogens is 2. The molecule has 1 amide bonds. The van der Waals surface area contributed by atoms with Crippen molar-refractivity contribution in [3.05, 3.63) is 81.2 Å². The molecule has 4 aromatic rings. The van der Waals surface area contributed by atoms with Crippen LogP contribution >= 0.6 is 0 Å². The fourth-order valence-electron chi connectivity index (χ4n) is 4.35. The SMILES string of the molecule is CN(C(=O)c1cc2c(C(F)F)cccc2[nH]1)C1COCc2[nH]c(=O)c3cc(F)ccc3c21. The number of nitrogens with zero attached hydrogens (tertiary/aromatic N) is 1. The Morgan fingerprint density at radius 2 is 1.94 bits per heavy atom. The fourth-order valence-corrected chi connectivity index (χ4v) is 4.35. The van der Waals surface area contributed by atoms with E-state index in [4.69, 9.17) is 4.74 Å². The molecule has 1 aliphatic rings. The van der Waals surface area contributed by atoms with Gasteiger partial charge in [-0.3, -0.25) is 9.59 Å². The van der Waals surface area contributed by atoms with Crippen LogP contribution in [0.5, 0.6) is 0 Å². The molecule has 0 radical (unpaired) electrons.